The molecule has 0 bridgehead atoms. The van der Waals surface area contributed by atoms with Gasteiger partial charge in [0, 0.05) is 18.8 Å². The highest BCUT2D eigenvalue weighted by Gasteiger charge is 2.18. The number of aliphatic carboxylic acids is 1. The summed E-state index contributed by atoms with van der Waals surface area (Å²) < 4.78 is 0. The summed E-state index contributed by atoms with van der Waals surface area (Å²) in [5.74, 6) is -1.08. The number of rotatable bonds is 7. The smallest absolute Gasteiger partial charge is 0.308 e. The van der Waals surface area contributed by atoms with Crippen LogP contribution in [0.1, 0.15) is 37.8 Å². The maximum absolute atomic E-state index is 11.1. The summed E-state index contributed by atoms with van der Waals surface area (Å²) in [7, 11) is 0. The lowest BCUT2D eigenvalue weighted by Gasteiger charge is -2.29. The van der Waals surface area contributed by atoms with Crippen LogP contribution in [0.2, 0.25) is 0 Å². The SMILES string of the molecule is CCCCN(CC(C)C(=O)O)c1c(C)cccc1C. The number of carbonyl (C=O) groups is 1. The summed E-state index contributed by atoms with van der Waals surface area (Å²) in [6.45, 7) is 9.60. The molecule has 1 aromatic carbocycles. The number of hydrogen-bond donors (Lipinski definition) is 1. The van der Waals surface area contributed by atoms with Gasteiger partial charge in [0.25, 0.3) is 0 Å². The van der Waals surface area contributed by atoms with Gasteiger partial charge in [-0.25, -0.2) is 0 Å². The molecular formula is C16H25NO2. The van der Waals surface area contributed by atoms with Gasteiger partial charge in [0.15, 0.2) is 0 Å². The number of nitrogens with zero attached hydrogens (tertiary/aromatic N) is 1. The molecule has 1 N–H and O–H groups in total. The molecule has 0 aliphatic carbocycles. The van der Waals surface area contributed by atoms with Gasteiger partial charge >= 0.3 is 5.97 Å². The van der Waals surface area contributed by atoms with E-state index in [-0.39, 0.29) is 5.92 Å². The van der Waals surface area contributed by atoms with Gasteiger partial charge in [-0.2, -0.15) is 0 Å². The van der Waals surface area contributed by atoms with Gasteiger partial charge in [-0.05, 0) is 31.4 Å². The molecule has 1 unspecified atom stereocenters. The molecule has 0 amide bonds. The second-order valence-corrected chi connectivity index (χ2v) is 5.28. The quantitative estimate of drug-likeness (QED) is 0.816. The highest BCUT2D eigenvalue weighted by molar-refractivity contribution is 5.71. The van der Waals surface area contributed by atoms with Crippen LogP contribution in [0.4, 0.5) is 5.69 Å². The summed E-state index contributed by atoms with van der Waals surface area (Å²) in [6, 6.07) is 6.23. The Morgan fingerprint density at radius 2 is 1.89 bits per heavy atom. The second kappa shape index (κ2) is 7.17. The Kier molecular flexibility index (Phi) is 5.87. The van der Waals surface area contributed by atoms with Crippen molar-refractivity contribution in [2.24, 2.45) is 5.92 Å². The number of carboxylic acid groups (broad SMARTS) is 1. The highest BCUT2D eigenvalue weighted by atomic mass is 16.4. The van der Waals surface area contributed by atoms with E-state index >= 15 is 0 Å². The van der Waals surface area contributed by atoms with Crippen molar-refractivity contribution in [1.82, 2.24) is 0 Å². The Morgan fingerprint density at radius 1 is 1.32 bits per heavy atom. The van der Waals surface area contributed by atoms with Crippen LogP contribution in [0.3, 0.4) is 0 Å². The van der Waals surface area contributed by atoms with Gasteiger partial charge < -0.3 is 10.0 Å². The van der Waals surface area contributed by atoms with E-state index in [1.165, 1.54) is 16.8 Å². The first-order chi connectivity index (χ1) is 8.97. The molecule has 0 heterocycles. The van der Waals surface area contributed by atoms with E-state index in [0.29, 0.717) is 6.54 Å². The van der Waals surface area contributed by atoms with Crippen LogP contribution in [0, 0.1) is 19.8 Å². The van der Waals surface area contributed by atoms with Crippen molar-refractivity contribution in [3.8, 4) is 0 Å². The number of carboxylic acids is 1. The van der Waals surface area contributed by atoms with Gasteiger partial charge in [0.1, 0.15) is 0 Å². The van der Waals surface area contributed by atoms with Crippen LogP contribution >= 0.6 is 0 Å². The third kappa shape index (κ3) is 4.27. The van der Waals surface area contributed by atoms with Crippen molar-refractivity contribution in [3.63, 3.8) is 0 Å². The van der Waals surface area contributed by atoms with Crippen LogP contribution in [0.25, 0.3) is 0 Å². The molecule has 0 fully saturated rings. The Labute approximate surface area is 116 Å². The molecule has 0 aliphatic rings. The normalized spacial score (nSPS) is 12.2. The van der Waals surface area contributed by atoms with Crippen molar-refractivity contribution in [2.75, 3.05) is 18.0 Å². The predicted molar refractivity (Wildman–Crippen MR) is 79.8 cm³/mol. The average molecular weight is 263 g/mol. The van der Waals surface area contributed by atoms with E-state index < -0.39 is 5.97 Å². The minimum Gasteiger partial charge on any atom is -0.481 e. The zero-order valence-corrected chi connectivity index (χ0v) is 12.4. The van der Waals surface area contributed by atoms with Crippen molar-refractivity contribution >= 4 is 11.7 Å². The average Bonchev–Trinajstić information content (AvgIpc) is 2.35. The fourth-order valence-electron chi connectivity index (χ4n) is 2.36. The molecule has 1 rings (SSSR count). The summed E-state index contributed by atoms with van der Waals surface area (Å²) in [5, 5.41) is 9.12. The first-order valence-electron chi connectivity index (χ1n) is 7.01. The number of hydrogen-bond acceptors (Lipinski definition) is 2. The minimum atomic E-state index is -0.729. The number of unbranched alkanes of at least 4 members (excludes halogenated alkanes) is 1. The summed E-state index contributed by atoms with van der Waals surface area (Å²) in [5.41, 5.74) is 3.63. The first kappa shape index (κ1) is 15.5. The Balaban J connectivity index is 2.98. The molecule has 0 aromatic heterocycles. The third-order valence-electron chi connectivity index (χ3n) is 3.45. The van der Waals surface area contributed by atoms with Gasteiger partial charge in [-0.1, -0.05) is 38.5 Å². The first-order valence-corrected chi connectivity index (χ1v) is 7.01. The van der Waals surface area contributed by atoms with Crippen molar-refractivity contribution < 1.29 is 9.90 Å². The molecule has 0 aliphatic heterocycles. The summed E-state index contributed by atoms with van der Waals surface area (Å²) in [4.78, 5) is 13.3. The van der Waals surface area contributed by atoms with Crippen LogP contribution in [-0.4, -0.2) is 24.2 Å². The molecule has 19 heavy (non-hydrogen) atoms. The van der Waals surface area contributed by atoms with E-state index in [2.05, 4.69) is 37.8 Å². The Hall–Kier alpha value is -1.51. The van der Waals surface area contributed by atoms with Gasteiger partial charge in [-0.15, -0.1) is 0 Å². The fourth-order valence-corrected chi connectivity index (χ4v) is 2.36. The molecule has 106 valence electrons. The number of aryl methyl sites for hydroxylation is 2. The van der Waals surface area contributed by atoms with Crippen LogP contribution in [0.5, 0.6) is 0 Å². The third-order valence-corrected chi connectivity index (χ3v) is 3.45. The molecule has 0 spiro atoms. The van der Waals surface area contributed by atoms with Crippen LogP contribution < -0.4 is 4.90 Å². The predicted octanol–water partition coefficient (Wildman–Crippen LogP) is 3.63. The largest absolute Gasteiger partial charge is 0.481 e. The molecule has 1 atom stereocenters. The van der Waals surface area contributed by atoms with Crippen molar-refractivity contribution in [1.29, 1.82) is 0 Å². The molecule has 0 radical (unpaired) electrons. The van der Waals surface area contributed by atoms with E-state index in [9.17, 15) is 4.79 Å². The highest BCUT2D eigenvalue weighted by Crippen LogP contribution is 2.25. The number of anilines is 1. The van der Waals surface area contributed by atoms with Crippen molar-refractivity contribution in [2.45, 2.75) is 40.5 Å². The fraction of sp³-hybridized carbons (Fsp3) is 0.562. The molecule has 0 saturated heterocycles. The second-order valence-electron chi connectivity index (χ2n) is 5.28. The summed E-state index contributed by atoms with van der Waals surface area (Å²) in [6.07, 6.45) is 2.20. The summed E-state index contributed by atoms with van der Waals surface area (Å²) >= 11 is 0. The monoisotopic (exact) mass is 263 g/mol. The lowest BCUT2D eigenvalue weighted by atomic mass is 10.1. The van der Waals surface area contributed by atoms with E-state index in [4.69, 9.17) is 5.11 Å². The minimum absolute atomic E-state index is 0.351. The molecule has 0 saturated carbocycles. The maximum atomic E-state index is 11.1. The van der Waals surface area contributed by atoms with Gasteiger partial charge in [0.05, 0.1) is 5.92 Å². The number of para-hydroxylation sites is 1. The van der Waals surface area contributed by atoms with Crippen molar-refractivity contribution in [3.05, 3.63) is 29.3 Å². The Morgan fingerprint density at radius 3 is 2.37 bits per heavy atom. The number of benzene rings is 1. The lowest BCUT2D eigenvalue weighted by molar-refractivity contribution is -0.140. The molecular weight excluding hydrogens is 238 g/mol. The van der Waals surface area contributed by atoms with Crippen LogP contribution in [-0.2, 0) is 4.79 Å². The lowest BCUT2D eigenvalue weighted by Crippen LogP contribution is -2.33. The topological polar surface area (TPSA) is 40.5 Å². The molecule has 1 aromatic rings. The van der Waals surface area contributed by atoms with E-state index in [0.717, 1.165) is 19.4 Å². The van der Waals surface area contributed by atoms with Gasteiger partial charge in [0.2, 0.25) is 0 Å². The zero-order valence-electron chi connectivity index (χ0n) is 12.4. The van der Waals surface area contributed by atoms with E-state index in [1.54, 1.807) is 6.92 Å². The maximum Gasteiger partial charge on any atom is 0.308 e. The van der Waals surface area contributed by atoms with Gasteiger partial charge in [-0.3, -0.25) is 4.79 Å². The molecule has 3 nitrogen and oxygen atoms in total. The standard InChI is InChI=1S/C16H25NO2/c1-5-6-10-17(11-14(4)16(18)19)15-12(2)8-7-9-13(15)3/h7-9,14H,5-6,10-11H2,1-4H3,(H,18,19). The zero-order chi connectivity index (χ0) is 14.4. The van der Waals surface area contributed by atoms with Crippen LogP contribution in [0.15, 0.2) is 18.2 Å². The molecule has 3 heteroatoms. The van der Waals surface area contributed by atoms with E-state index in [1.807, 2.05) is 6.07 Å². The Bertz CT molecular complexity index is 409.